The lowest BCUT2D eigenvalue weighted by molar-refractivity contribution is 0.470. The molecule has 0 saturated carbocycles. The maximum atomic E-state index is 9.67. The van der Waals surface area contributed by atoms with E-state index in [2.05, 4.69) is 25.2 Å². The Morgan fingerprint density at radius 1 is 1.05 bits per heavy atom. The molecule has 2 nitrogen and oxygen atoms in total. The molecular formula is C17H25NO. The molecule has 1 aromatic carbocycles. The van der Waals surface area contributed by atoms with Gasteiger partial charge in [-0.25, -0.2) is 0 Å². The maximum Gasteiger partial charge on any atom is 0.118 e. The molecule has 0 aromatic heterocycles. The lowest BCUT2D eigenvalue weighted by Gasteiger charge is -2.19. The van der Waals surface area contributed by atoms with Crippen LogP contribution in [-0.4, -0.2) is 11.7 Å². The quantitative estimate of drug-likeness (QED) is 0.857. The molecule has 1 aliphatic rings. The smallest absolute Gasteiger partial charge is 0.118 e. The fourth-order valence-electron chi connectivity index (χ4n) is 2.77. The van der Waals surface area contributed by atoms with Crippen LogP contribution in [0.3, 0.4) is 0 Å². The number of benzene rings is 1. The standard InChI is InChI=1S/C17H25NO/c1-12-6-4-5-7-16(12)18-9-8-15-10-14(3)17(19)11-13(15)2/h10-11,18-19H,4-9H2,1-3H3. The Balaban J connectivity index is 1.94. The molecule has 0 atom stereocenters. The molecule has 19 heavy (non-hydrogen) atoms. The summed E-state index contributed by atoms with van der Waals surface area (Å²) in [6, 6.07) is 3.98. The third-order valence-corrected chi connectivity index (χ3v) is 4.13. The van der Waals surface area contributed by atoms with E-state index in [9.17, 15) is 5.11 Å². The summed E-state index contributed by atoms with van der Waals surface area (Å²) in [5.41, 5.74) is 6.47. The minimum Gasteiger partial charge on any atom is -0.508 e. The Morgan fingerprint density at radius 2 is 1.79 bits per heavy atom. The Morgan fingerprint density at radius 3 is 2.53 bits per heavy atom. The van der Waals surface area contributed by atoms with Gasteiger partial charge in [0.15, 0.2) is 0 Å². The van der Waals surface area contributed by atoms with E-state index in [1.807, 2.05) is 13.0 Å². The van der Waals surface area contributed by atoms with Crippen molar-refractivity contribution in [2.45, 2.75) is 52.9 Å². The van der Waals surface area contributed by atoms with E-state index in [1.165, 1.54) is 48.1 Å². The van der Waals surface area contributed by atoms with Gasteiger partial charge in [-0.05, 0) is 75.6 Å². The van der Waals surface area contributed by atoms with Crippen LogP contribution in [-0.2, 0) is 6.42 Å². The molecule has 0 amide bonds. The fraction of sp³-hybridized carbons (Fsp3) is 0.529. The Labute approximate surface area is 116 Å². The van der Waals surface area contributed by atoms with Crippen LogP contribution < -0.4 is 5.32 Å². The molecule has 0 saturated heterocycles. The SMILES string of the molecule is CC1=C(NCCc2cc(C)c(O)cc2C)CCCC1. The summed E-state index contributed by atoms with van der Waals surface area (Å²) in [6.45, 7) is 7.26. The highest BCUT2D eigenvalue weighted by Gasteiger charge is 2.09. The lowest BCUT2D eigenvalue weighted by Crippen LogP contribution is -2.20. The summed E-state index contributed by atoms with van der Waals surface area (Å²) in [4.78, 5) is 0. The van der Waals surface area contributed by atoms with Gasteiger partial charge in [0.05, 0.1) is 0 Å². The van der Waals surface area contributed by atoms with E-state index in [4.69, 9.17) is 0 Å². The summed E-state index contributed by atoms with van der Waals surface area (Å²) >= 11 is 0. The molecule has 104 valence electrons. The Bertz CT molecular complexity index is 488. The molecule has 0 radical (unpaired) electrons. The van der Waals surface area contributed by atoms with Gasteiger partial charge in [-0.2, -0.15) is 0 Å². The van der Waals surface area contributed by atoms with Crippen molar-refractivity contribution in [1.82, 2.24) is 5.32 Å². The predicted molar refractivity (Wildman–Crippen MR) is 80.5 cm³/mol. The number of nitrogens with one attached hydrogen (secondary N) is 1. The van der Waals surface area contributed by atoms with E-state index < -0.39 is 0 Å². The molecule has 0 unspecified atom stereocenters. The molecular weight excluding hydrogens is 234 g/mol. The fourth-order valence-corrected chi connectivity index (χ4v) is 2.77. The van der Waals surface area contributed by atoms with Crippen molar-refractivity contribution in [2.75, 3.05) is 6.54 Å². The third kappa shape index (κ3) is 3.52. The first-order valence-corrected chi connectivity index (χ1v) is 7.29. The maximum absolute atomic E-state index is 9.67. The number of phenols is 1. The number of allylic oxidation sites excluding steroid dienone is 2. The molecule has 0 heterocycles. The first kappa shape index (κ1) is 14.0. The van der Waals surface area contributed by atoms with Gasteiger partial charge in [0.25, 0.3) is 0 Å². The minimum atomic E-state index is 0.403. The summed E-state index contributed by atoms with van der Waals surface area (Å²) < 4.78 is 0. The van der Waals surface area contributed by atoms with Crippen LogP contribution in [0.15, 0.2) is 23.4 Å². The van der Waals surface area contributed by atoms with Gasteiger partial charge in [0.2, 0.25) is 0 Å². The van der Waals surface area contributed by atoms with Crippen molar-refractivity contribution in [3.05, 3.63) is 40.1 Å². The number of aryl methyl sites for hydroxylation is 2. The Hall–Kier alpha value is -1.44. The topological polar surface area (TPSA) is 32.3 Å². The van der Waals surface area contributed by atoms with Gasteiger partial charge >= 0.3 is 0 Å². The zero-order valence-electron chi connectivity index (χ0n) is 12.3. The first-order valence-electron chi connectivity index (χ1n) is 7.29. The van der Waals surface area contributed by atoms with Crippen LogP contribution in [0.4, 0.5) is 0 Å². The average Bonchev–Trinajstić information content (AvgIpc) is 2.38. The first-order chi connectivity index (χ1) is 9.08. The summed E-state index contributed by atoms with van der Waals surface area (Å²) in [6.07, 6.45) is 6.13. The molecule has 2 N–H and O–H groups in total. The molecule has 0 aliphatic heterocycles. The number of phenolic OH excluding ortho intramolecular Hbond substituents is 1. The molecule has 1 aromatic rings. The summed E-state index contributed by atoms with van der Waals surface area (Å²) in [5.74, 6) is 0.403. The van der Waals surface area contributed by atoms with Gasteiger partial charge in [-0.3, -0.25) is 0 Å². The number of aromatic hydroxyl groups is 1. The third-order valence-electron chi connectivity index (χ3n) is 4.13. The second kappa shape index (κ2) is 6.14. The molecule has 1 aliphatic carbocycles. The Kier molecular flexibility index (Phi) is 4.52. The summed E-state index contributed by atoms with van der Waals surface area (Å²) in [7, 11) is 0. The van der Waals surface area contributed by atoms with E-state index >= 15 is 0 Å². The minimum absolute atomic E-state index is 0.403. The second-order valence-corrected chi connectivity index (χ2v) is 5.71. The highest BCUT2D eigenvalue weighted by molar-refractivity contribution is 5.40. The summed E-state index contributed by atoms with van der Waals surface area (Å²) in [5, 5.41) is 13.3. The predicted octanol–water partition coefficient (Wildman–Crippen LogP) is 3.99. The zero-order valence-corrected chi connectivity index (χ0v) is 12.3. The normalized spacial score (nSPS) is 15.7. The number of rotatable bonds is 4. The highest BCUT2D eigenvalue weighted by atomic mass is 16.3. The van der Waals surface area contributed by atoms with E-state index in [0.717, 1.165) is 18.5 Å². The van der Waals surface area contributed by atoms with E-state index in [-0.39, 0.29) is 0 Å². The van der Waals surface area contributed by atoms with Crippen molar-refractivity contribution >= 4 is 0 Å². The van der Waals surface area contributed by atoms with Crippen molar-refractivity contribution < 1.29 is 5.11 Å². The molecule has 2 heteroatoms. The molecule has 0 bridgehead atoms. The monoisotopic (exact) mass is 259 g/mol. The number of hydrogen-bond acceptors (Lipinski definition) is 2. The second-order valence-electron chi connectivity index (χ2n) is 5.71. The van der Waals surface area contributed by atoms with Crippen LogP contribution in [0.25, 0.3) is 0 Å². The molecule has 0 fully saturated rings. The van der Waals surface area contributed by atoms with E-state index in [1.54, 1.807) is 0 Å². The largest absolute Gasteiger partial charge is 0.508 e. The van der Waals surface area contributed by atoms with Gasteiger partial charge in [-0.1, -0.05) is 11.6 Å². The molecule has 2 rings (SSSR count). The van der Waals surface area contributed by atoms with Gasteiger partial charge < -0.3 is 10.4 Å². The van der Waals surface area contributed by atoms with Gasteiger partial charge in [0.1, 0.15) is 5.75 Å². The van der Waals surface area contributed by atoms with Crippen molar-refractivity contribution in [3.63, 3.8) is 0 Å². The lowest BCUT2D eigenvalue weighted by atomic mass is 9.97. The zero-order chi connectivity index (χ0) is 13.8. The van der Waals surface area contributed by atoms with Crippen LogP contribution in [0.1, 0.15) is 49.3 Å². The van der Waals surface area contributed by atoms with Crippen molar-refractivity contribution in [2.24, 2.45) is 0 Å². The van der Waals surface area contributed by atoms with Crippen LogP contribution in [0.5, 0.6) is 5.75 Å². The van der Waals surface area contributed by atoms with Crippen LogP contribution in [0, 0.1) is 13.8 Å². The van der Waals surface area contributed by atoms with Crippen molar-refractivity contribution in [1.29, 1.82) is 0 Å². The average molecular weight is 259 g/mol. The molecule has 0 spiro atoms. The van der Waals surface area contributed by atoms with E-state index in [0.29, 0.717) is 5.75 Å². The van der Waals surface area contributed by atoms with Crippen LogP contribution in [0.2, 0.25) is 0 Å². The highest BCUT2D eigenvalue weighted by Crippen LogP contribution is 2.23. The number of hydrogen-bond donors (Lipinski definition) is 2. The van der Waals surface area contributed by atoms with Crippen LogP contribution >= 0.6 is 0 Å². The van der Waals surface area contributed by atoms with Gasteiger partial charge in [0, 0.05) is 12.2 Å². The van der Waals surface area contributed by atoms with Gasteiger partial charge in [-0.15, -0.1) is 0 Å². The van der Waals surface area contributed by atoms with Crippen molar-refractivity contribution in [3.8, 4) is 5.75 Å².